The lowest BCUT2D eigenvalue weighted by atomic mass is 9.98. The fourth-order valence-corrected chi connectivity index (χ4v) is 3.12. The van der Waals surface area contributed by atoms with E-state index in [1.807, 2.05) is 0 Å². The molecule has 1 rings (SSSR count). The number of aryl methyl sites for hydroxylation is 2. The average molecular weight is 311 g/mol. The van der Waals surface area contributed by atoms with Crippen molar-refractivity contribution in [3.05, 3.63) is 34.9 Å². The first-order valence-electron chi connectivity index (χ1n) is 7.79. The van der Waals surface area contributed by atoms with Gasteiger partial charge in [-0.25, -0.2) is 8.42 Å². The van der Waals surface area contributed by atoms with Gasteiger partial charge in [-0.3, -0.25) is 0 Å². The first kappa shape index (κ1) is 18.2. The fraction of sp³-hybridized carbons (Fsp3) is 0.647. The highest BCUT2D eigenvalue weighted by atomic mass is 32.2. The van der Waals surface area contributed by atoms with Crippen LogP contribution in [-0.2, 0) is 16.3 Å². The van der Waals surface area contributed by atoms with E-state index in [0.29, 0.717) is 6.04 Å². The third kappa shape index (κ3) is 7.63. The summed E-state index contributed by atoms with van der Waals surface area (Å²) in [4.78, 5) is 0. The second kappa shape index (κ2) is 8.54. The Morgan fingerprint density at radius 2 is 1.90 bits per heavy atom. The van der Waals surface area contributed by atoms with Gasteiger partial charge in [-0.15, -0.1) is 0 Å². The summed E-state index contributed by atoms with van der Waals surface area (Å²) in [5.41, 5.74) is 3.96. The predicted molar refractivity (Wildman–Crippen MR) is 90.6 cm³/mol. The van der Waals surface area contributed by atoms with Crippen molar-refractivity contribution >= 4 is 9.84 Å². The Hall–Kier alpha value is -0.870. The van der Waals surface area contributed by atoms with Gasteiger partial charge in [0, 0.05) is 18.1 Å². The van der Waals surface area contributed by atoms with Crippen LogP contribution in [0.3, 0.4) is 0 Å². The second-order valence-electron chi connectivity index (χ2n) is 6.05. The van der Waals surface area contributed by atoms with Gasteiger partial charge in [-0.2, -0.15) is 0 Å². The molecule has 1 atom stereocenters. The van der Waals surface area contributed by atoms with Gasteiger partial charge >= 0.3 is 0 Å². The lowest BCUT2D eigenvalue weighted by Crippen LogP contribution is -2.32. The van der Waals surface area contributed by atoms with E-state index in [4.69, 9.17) is 0 Å². The molecule has 0 bridgehead atoms. The minimum absolute atomic E-state index is 0.282. The molecule has 120 valence electrons. The molecule has 21 heavy (non-hydrogen) atoms. The van der Waals surface area contributed by atoms with Gasteiger partial charge in [0.15, 0.2) is 0 Å². The van der Waals surface area contributed by atoms with Crippen LogP contribution in [0, 0.1) is 13.8 Å². The lowest BCUT2D eigenvalue weighted by molar-refractivity contribution is 0.472. The van der Waals surface area contributed by atoms with E-state index in [-0.39, 0.29) is 5.75 Å². The van der Waals surface area contributed by atoms with Gasteiger partial charge in [0.2, 0.25) is 0 Å². The van der Waals surface area contributed by atoms with Gasteiger partial charge < -0.3 is 5.32 Å². The van der Waals surface area contributed by atoms with Gasteiger partial charge in [0.25, 0.3) is 0 Å². The molecule has 1 aromatic rings. The van der Waals surface area contributed by atoms with Crippen LogP contribution in [-0.4, -0.2) is 33.0 Å². The molecule has 1 aromatic carbocycles. The van der Waals surface area contributed by atoms with Crippen molar-refractivity contribution in [2.24, 2.45) is 0 Å². The van der Waals surface area contributed by atoms with Gasteiger partial charge in [-0.05, 0) is 62.8 Å². The van der Waals surface area contributed by atoms with Crippen LogP contribution in [0.1, 0.15) is 42.9 Å². The Morgan fingerprint density at radius 1 is 1.19 bits per heavy atom. The first-order valence-corrected chi connectivity index (χ1v) is 9.85. The van der Waals surface area contributed by atoms with Crippen LogP contribution in [0.5, 0.6) is 0 Å². The topological polar surface area (TPSA) is 46.2 Å². The first-order chi connectivity index (χ1) is 9.81. The van der Waals surface area contributed by atoms with Crippen molar-refractivity contribution in [2.75, 3.05) is 18.6 Å². The average Bonchev–Trinajstić information content (AvgIpc) is 2.38. The lowest BCUT2D eigenvalue weighted by Gasteiger charge is -2.19. The molecule has 4 heteroatoms. The van der Waals surface area contributed by atoms with Crippen LogP contribution in [0.2, 0.25) is 0 Å². The molecule has 0 aliphatic heterocycles. The molecular formula is C17H29NO2S. The fourth-order valence-electron chi connectivity index (χ4n) is 2.43. The van der Waals surface area contributed by atoms with E-state index < -0.39 is 9.84 Å². The van der Waals surface area contributed by atoms with Crippen molar-refractivity contribution < 1.29 is 8.42 Å². The van der Waals surface area contributed by atoms with E-state index >= 15 is 0 Å². The third-order valence-corrected chi connectivity index (χ3v) is 4.83. The van der Waals surface area contributed by atoms with Crippen LogP contribution >= 0.6 is 0 Å². The van der Waals surface area contributed by atoms with Crippen LogP contribution in [0.25, 0.3) is 0 Å². The molecule has 0 spiro atoms. The summed E-state index contributed by atoms with van der Waals surface area (Å²) >= 11 is 0. The zero-order chi connectivity index (χ0) is 15.9. The number of nitrogens with one attached hydrogen (secondary N) is 1. The molecule has 0 radical (unpaired) electrons. The van der Waals surface area contributed by atoms with E-state index in [1.54, 1.807) is 0 Å². The summed E-state index contributed by atoms with van der Waals surface area (Å²) in [5, 5.41) is 3.54. The number of hydrogen-bond donors (Lipinski definition) is 1. The van der Waals surface area contributed by atoms with Crippen molar-refractivity contribution in [2.45, 2.75) is 52.5 Å². The normalized spacial score (nSPS) is 13.3. The Bertz CT molecular complexity index is 538. The second-order valence-corrected chi connectivity index (χ2v) is 8.31. The number of hydrogen-bond acceptors (Lipinski definition) is 3. The molecule has 0 heterocycles. The van der Waals surface area contributed by atoms with Gasteiger partial charge in [0.05, 0.1) is 0 Å². The molecule has 1 unspecified atom stereocenters. The van der Waals surface area contributed by atoms with Crippen molar-refractivity contribution in [3.8, 4) is 0 Å². The highest BCUT2D eigenvalue weighted by Gasteiger charge is 2.11. The van der Waals surface area contributed by atoms with Crippen molar-refractivity contribution in [3.63, 3.8) is 0 Å². The van der Waals surface area contributed by atoms with Gasteiger partial charge in [-0.1, -0.05) is 25.1 Å². The Labute approximate surface area is 130 Å². The molecule has 3 nitrogen and oxygen atoms in total. The molecule has 1 N–H and O–H groups in total. The predicted octanol–water partition coefficient (Wildman–Crippen LogP) is 3.04. The monoisotopic (exact) mass is 311 g/mol. The Kier molecular flexibility index (Phi) is 7.40. The summed E-state index contributed by atoms with van der Waals surface area (Å²) in [6, 6.07) is 6.94. The standard InChI is InChI=1S/C17H29NO2S/c1-5-10-18-17(7-6-11-21(4,19)20)13-16-9-8-14(2)15(3)12-16/h8-9,12,17-18H,5-7,10-11,13H2,1-4H3. The van der Waals surface area contributed by atoms with Gasteiger partial charge in [0.1, 0.15) is 9.84 Å². The largest absolute Gasteiger partial charge is 0.314 e. The number of benzene rings is 1. The van der Waals surface area contributed by atoms with E-state index in [9.17, 15) is 8.42 Å². The molecular weight excluding hydrogens is 282 g/mol. The number of rotatable bonds is 9. The molecule has 0 aliphatic carbocycles. The summed E-state index contributed by atoms with van der Waals surface area (Å²) < 4.78 is 22.5. The molecule has 0 saturated heterocycles. The quantitative estimate of drug-likeness (QED) is 0.762. The van der Waals surface area contributed by atoms with Crippen LogP contribution in [0.15, 0.2) is 18.2 Å². The summed E-state index contributed by atoms with van der Waals surface area (Å²) in [6.45, 7) is 7.39. The van der Waals surface area contributed by atoms with E-state index in [1.165, 1.54) is 22.9 Å². The molecule has 0 fully saturated rings. The molecule has 0 aliphatic rings. The van der Waals surface area contributed by atoms with Crippen molar-refractivity contribution in [1.29, 1.82) is 0 Å². The smallest absolute Gasteiger partial charge is 0.147 e. The number of sulfone groups is 1. The zero-order valence-corrected chi connectivity index (χ0v) is 14.6. The molecule has 0 amide bonds. The Morgan fingerprint density at radius 3 is 2.48 bits per heavy atom. The zero-order valence-electron chi connectivity index (χ0n) is 13.8. The molecule has 0 saturated carbocycles. The third-order valence-electron chi connectivity index (χ3n) is 3.80. The summed E-state index contributed by atoms with van der Waals surface area (Å²) in [7, 11) is -2.85. The minimum atomic E-state index is -2.85. The maximum absolute atomic E-state index is 11.2. The van der Waals surface area contributed by atoms with Crippen molar-refractivity contribution in [1.82, 2.24) is 5.32 Å². The maximum atomic E-state index is 11.2. The minimum Gasteiger partial charge on any atom is -0.314 e. The van der Waals surface area contributed by atoms with Crippen LogP contribution in [0.4, 0.5) is 0 Å². The SMILES string of the molecule is CCCNC(CCCS(C)(=O)=O)Cc1ccc(C)c(C)c1. The van der Waals surface area contributed by atoms with E-state index in [0.717, 1.165) is 32.2 Å². The van der Waals surface area contributed by atoms with Crippen LogP contribution < -0.4 is 5.32 Å². The highest BCUT2D eigenvalue weighted by Crippen LogP contribution is 2.13. The molecule has 0 aromatic heterocycles. The highest BCUT2D eigenvalue weighted by molar-refractivity contribution is 7.90. The maximum Gasteiger partial charge on any atom is 0.147 e. The summed E-state index contributed by atoms with van der Waals surface area (Å²) in [6.07, 6.45) is 5.00. The summed E-state index contributed by atoms with van der Waals surface area (Å²) in [5.74, 6) is 0.282. The van der Waals surface area contributed by atoms with E-state index in [2.05, 4.69) is 44.3 Å². The Balaban J connectivity index is 2.61.